The van der Waals surface area contributed by atoms with Crippen LogP contribution in [-0.2, 0) is 47.5 Å². The van der Waals surface area contributed by atoms with Gasteiger partial charge in [-0.1, -0.05) is 91.4 Å². The Bertz CT molecular complexity index is 3520. The molecular formula is C52H33N9O2Pt2. The summed E-state index contributed by atoms with van der Waals surface area (Å²) in [6, 6.07) is 58.1. The predicted octanol–water partition coefficient (Wildman–Crippen LogP) is 11.4. The molecule has 318 valence electrons. The van der Waals surface area contributed by atoms with E-state index in [1.807, 2.05) is 122 Å². The van der Waals surface area contributed by atoms with Gasteiger partial charge in [-0.15, -0.1) is 79.7 Å². The summed E-state index contributed by atoms with van der Waals surface area (Å²) in [5, 5.41) is 24.2. The van der Waals surface area contributed by atoms with E-state index in [0.717, 1.165) is 66.0 Å². The van der Waals surface area contributed by atoms with E-state index >= 15 is 0 Å². The van der Waals surface area contributed by atoms with E-state index in [0.29, 0.717) is 39.9 Å². The van der Waals surface area contributed by atoms with Gasteiger partial charge in [0.25, 0.3) is 5.95 Å². The molecule has 0 atom stereocenters. The van der Waals surface area contributed by atoms with E-state index in [1.165, 1.54) is 0 Å². The number of benzene rings is 6. The van der Waals surface area contributed by atoms with E-state index in [2.05, 4.69) is 100 Å². The van der Waals surface area contributed by atoms with Crippen molar-refractivity contribution in [1.82, 2.24) is 44.1 Å². The van der Waals surface area contributed by atoms with Gasteiger partial charge >= 0.3 is 42.1 Å². The van der Waals surface area contributed by atoms with Crippen LogP contribution in [-0.4, -0.2) is 44.1 Å². The average Bonchev–Trinajstić information content (AvgIpc) is 3.94. The summed E-state index contributed by atoms with van der Waals surface area (Å²) in [7, 11) is 0. The number of hydrogen-bond donors (Lipinski definition) is 0. The SMILES string of the molecule is CC(C)(C)c1nnc(-n2c3[c-]c(Oc4[c-]c5c(cc4)c4ccccc4n5-c4ccccn4)ccc3c3ccc(Oc4[c-]c5c(cc4)c4ccccc4n5-c4ccccn4)[c-]c32)nn1.[Pt+2].[Pt+2]. The Balaban J connectivity index is 0.00000249. The van der Waals surface area contributed by atoms with E-state index < -0.39 is 0 Å². The molecule has 0 aliphatic heterocycles. The zero-order valence-electron chi connectivity index (χ0n) is 34.8. The Kier molecular flexibility index (Phi) is 10.6. The molecule has 0 spiro atoms. The van der Waals surface area contributed by atoms with Gasteiger partial charge < -0.3 is 23.2 Å². The van der Waals surface area contributed by atoms with Gasteiger partial charge in [0.1, 0.15) is 11.6 Å². The maximum absolute atomic E-state index is 6.56. The van der Waals surface area contributed by atoms with Crippen LogP contribution in [0.15, 0.2) is 146 Å². The van der Waals surface area contributed by atoms with Gasteiger partial charge in [0.05, 0.1) is 0 Å². The molecule has 0 aliphatic carbocycles. The molecule has 0 aliphatic rings. The molecule has 6 aromatic heterocycles. The summed E-state index contributed by atoms with van der Waals surface area (Å²) in [5.41, 5.74) is 4.72. The van der Waals surface area contributed by atoms with Crippen molar-refractivity contribution in [3.8, 4) is 40.6 Å². The summed E-state index contributed by atoms with van der Waals surface area (Å²) < 4.78 is 19.2. The van der Waals surface area contributed by atoms with Crippen LogP contribution in [0.4, 0.5) is 0 Å². The first-order chi connectivity index (χ1) is 30.9. The number of pyridine rings is 2. The fraction of sp³-hybridized carbons (Fsp3) is 0.0769. The van der Waals surface area contributed by atoms with Gasteiger partial charge in [0.15, 0.2) is 5.82 Å². The van der Waals surface area contributed by atoms with Crippen LogP contribution >= 0.6 is 0 Å². The second-order valence-corrected chi connectivity index (χ2v) is 16.2. The van der Waals surface area contributed by atoms with Gasteiger partial charge in [-0.25, -0.2) is 9.97 Å². The minimum absolute atomic E-state index is 0. The first-order valence-corrected chi connectivity index (χ1v) is 20.5. The maximum atomic E-state index is 6.56. The summed E-state index contributed by atoms with van der Waals surface area (Å²) in [5.74, 6) is 4.34. The number of nitrogens with zero attached hydrogens (tertiary/aromatic N) is 9. The molecule has 0 unspecified atom stereocenters. The molecule has 12 aromatic rings. The molecule has 0 saturated carbocycles. The fourth-order valence-corrected chi connectivity index (χ4v) is 8.31. The molecule has 65 heavy (non-hydrogen) atoms. The van der Waals surface area contributed by atoms with Crippen molar-refractivity contribution in [2.24, 2.45) is 0 Å². The number of aromatic nitrogens is 9. The third-order valence-electron chi connectivity index (χ3n) is 11.2. The molecule has 0 saturated heterocycles. The summed E-state index contributed by atoms with van der Waals surface area (Å²) in [6.45, 7) is 6.07. The van der Waals surface area contributed by atoms with Crippen molar-refractivity contribution in [1.29, 1.82) is 0 Å². The molecule has 0 bridgehead atoms. The predicted molar refractivity (Wildman–Crippen MR) is 243 cm³/mol. The third-order valence-corrected chi connectivity index (χ3v) is 11.2. The standard InChI is InChI=1S/C52H33N9O2.2Pt/c1-52(2,3)50-55-57-51(58-56-50)61-46-30-34(62-32-18-22-38-36-12-4-6-14-42(36)59(44(38)28-32)48-16-8-10-26-53-48)20-24-40(46)41-25-21-35(31-47(41)61)63-33-19-23-39-37-13-5-7-15-43(37)60(45(39)29-33)49-17-9-11-27-54-49;;/h4-27H,1-3H3;;/q-4;2*+2. The van der Waals surface area contributed by atoms with Crippen LogP contribution < -0.4 is 9.47 Å². The minimum atomic E-state index is -0.348. The number of rotatable bonds is 7. The molecule has 0 amide bonds. The molecule has 0 radical (unpaired) electrons. The van der Waals surface area contributed by atoms with E-state index in [-0.39, 0.29) is 53.5 Å². The second-order valence-electron chi connectivity index (χ2n) is 16.2. The summed E-state index contributed by atoms with van der Waals surface area (Å²) in [6.07, 6.45) is 3.58. The fourth-order valence-electron chi connectivity index (χ4n) is 8.31. The number of ether oxygens (including phenoxy) is 2. The van der Waals surface area contributed by atoms with E-state index in [9.17, 15) is 0 Å². The van der Waals surface area contributed by atoms with Crippen LogP contribution in [0.25, 0.3) is 83.0 Å². The number of fused-ring (bicyclic) bond motifs is 9. The van der Waals surface area contributed by atoms with Crippen molar-refractivity contribution in [3.63, 3.8) is 0 Å². The van der Waals surface area contributed by atoms with E-state index in [1.54, 1.807) is 12.4 Å². The van der Waals surface area contributed by atoms with Crippen LogP contribution in [0.2, 0.25) is 0 Å². The molecule has 11 nitrogen and oxygen atoms in total. The molecule has 0 fully saturated rings. The minimum Gasteiger partial charge on any atom is -0.509 e. The van der Waals surface area contributed by atoms with Crippen molar-refractivity contribution in [3.05, 3.63) is 176 Å². The van der Waals surface area contributed by atoms with Crippen LogP contribution in [0, 0.1) is 24.3 Å². The van der Waals surface area contributed by atoms with Crippen molar-refractivity contribution in [2.45, 2.75) is 26.2 Å². The van der Waals surface area contributed by atoms with Crippen molar-refractivity contribution >= 4 is 65.4 Å². The maximum Gasteiger partial charge on any atom is 2.00 e. The first kappa shape index (κ1) is 41.9. The number of para-hydroxylation sites is 2. The third kappa shape index (κ3) is 7.16. The Labute approximate surface area is 401 Å². The Hall–Kier alpha value is -7.06. The average molecular weight is 1210 g/mol. The van der Waals surface area contributed by atoms with E-state index in [4.69, 9.17) is 9.47 Å². The van der Waals surface area contributed by atoms with Crippen LogP contribution in [0.1, 0.15) is 26.6 Å². The Morgan fingerprint density at radius 1 is 0.400 bits per heavy atom. The van der Waals surface area contributed by atoms with Crippen molar-refractivity contribution in [2.75, 3.05) is 0 Å². The topological polar surface area (TPSA) is 111 Å². The van der Waals surface area contributed by atoms with Gasteiger partial charge in [0.2, 0.25) is 0 Å². The van der Waals surface area contributed by atoms with Crippen LogP contribution in [0.5, 0.6) is 23.0 Å². The molecule has 12 rings (SSSR count). The van der Waals surface area contributed by atoms with Gasteiger partial charge in [-0.05, 0) is 47.2 Å². The molecule has 13 heteroatoms. The second kappa shape index (κ2) is 16.5. The Morgan fingerprint density at radius 2 is 0.769 bits per heavy atom. The normalized spacial score (nSPS) is 11.7. The molecule has 6 heterocycles. The summed E-state index contributed by atoms with van der Waals surface area (Å²) in [4.78, 5) is 9.33. The van der Waals surface area contributed by atoms with Crippen LogP contribution in [0.3, 0.4) is 0 Å². The van der Waals surface area contributed by atoms with Gasteiger partial charge in [0, 0.05) is 51.8 Å². The van der Waals surface area contributed by atoms with Gasteiger partial charge in [-0.3, -0.25) is 0 Å². The zero-order valence-corrected chi connectivity index (χ0v) is 39.4. The zero-order chi connectivity index (χ0) is 42.2. The molecule has 0 N–H and O–H groups in total. The summed E-state index contributed by atoms with van der Waals surface area (Å²) >= 11 is 0. The quantitative estimate of drug-likeness (QED) is 0.145. The monoisotopic (exact) mass is 1210 g/mol. The number of hydrogen-bond acceptors (Lipinski definition) is 8. The molecule has 6 aromatic carbocycles. The van der Waals surface area contributed by atoms with Gasteiger partial charge in [-0.2, -0.15) is 35.0 Å². The largest absolute Gasteiger partial charge is 2.00 e. The molecular weight excluding hydrogens is 1170 g/mol. The first-order valence-electron chi connectivity index (χ1n) is 20.5. The smallest absolute Gasteiger partial charge is 0.509 e. The Morgan fingerprint density at radius 3 is 1.15 bits per heavy atom. The van der Waals surface area contributed by atoms with Crippen molar-refractivity contribution < 1.29 is 51.6 Å².